The topological polar surface area (TPSA) is 116 Å². The third-order valence-corrected chi connectivity index (χ3v) is 8.59. The number of hydrogen-bond donors (Lipinski definition) is 2. The van der Waals surface area contributed by atoms with Gasteiger partial charge in [0.2, 0.25) is 17.7 Å². The molecule has 2 aromatic carbocycles. The Labute approximate surface area is 224 Å². The predicted molar refractivity (Wildman–Crippen MR) is 146 cm³/mol. The zero-order chi connectivity index (χ0) is 27.7. The first-order valence-electron chi connectivity index (χ1n) is 12.9. The highest BCUT2D eigenvalue weighted by atomic mass is 32.2. The largest absolute Gasteiger partial charge is 0.342 e. The molecule has 0 radical (unpaired) electrons. The fraction of sp³-hybridized carbons (Fsp3) is 0.464. The quantitative estimate of drug-likeness (QED) is 0.581. The molecule has 1 unspecified atom stereocenters. The number of sulfonamides is 1. The van der Waals surface area contributed by atoms with Crippen LogP contribution in [-0.4, -0.2) is 61.1 Å². The van der Waals surface area contributed by atoms with Crippen molar-refractivity contribution in [2.24, 2.45) is 11.8 Å². The second-order valence-electron chi connectivity index (χ2n) is 11.2. The Morgan fingerprint density at radius 2 is 1.47 bits per heavy atom. The summed E-state index contributed by atoms with van der Waals surface area (Å²) < 4.78 is 27.9. The Morgan fingerprint density at radius 1 is 0.895 bits per heavy atom. The first kappa shape index (κ1) is 27.6. The van der Waals surface area contributed by atoms with Gasteiger partial charge in [0.15, 0.2) is 0 Å². The maximum atomic E-state index is 13.0. The van der Waals surface area contributed by atoms with E-state index in [2.05, 4.69) is 10.0 Å². The highest BCUT2D eigenvalue weighted by Crippen LogP contribution is 2.29. The van der Waals surface area contributed by atoms with E-state index in [1.807, 2.05) is 39.8 Å². The van der Waals surface area contributed by atoms with Crippen LogP contribution in [0.3, 0.4) is 0 Å². The SMILES string of the molecule is Cc1ccc(NS(=O)(=O)c2ccc(NC(=O)C3CCN(C(=O)C4CC(=O)N(C(C)(C)C)C4)CC3)cc2)cc1. The zero-order valence-corrected chi connectivity index (χ0v) is 23.2. The molecular weight excluding hydrogens is 504 g/mol. The molecule has 1 atom stereocenters. The van der Waals surface area contributed by atoms with Crippen LogP contribution in [0.15, 0.2) is 53.4 Å². The molecule has 2 saturated heterocycles. The summed E-state index contributed by atoms with van der Waals surface area (Å²) in [6.45, 7) is 9.21. The van der Waals surface area contributed by atoms with Crippen LogP contribution in [0.5, 0.6) is 0 Å². The van der Waals surface area contributed by atoms with Crippen LogP contribution >= 0.6 is 0 Å². The maximum absolute atomic E-state index is 13.0. The molecule has 204 valence electrons. The lowest BCUT2D eigenvalue weighted by atomic mass is 9.94. The van der Waals surface area contributed by atoms with Crippen molar-refractivity contribution in [3.8, 4) is 0 Å². The molecule has 38 heavy (non-hydrogen) atoms. The Kier molecular flexibility index (Phi) is 7.83. The number of piperidine rings is 1. The van der Waals surface area contributed by atoms with E-state index >= 15 is 0 Å². The lowest BCUT2D eigenvalue weighted by Gasteiger charge is -2.34. The maximum Gasteiger partial charge on any atom is 0.261 e. The van der Waals surface area contributed by atoms with Gasteiger partial charge in [0.25, 0.3) is 10.0 Å². The van der Waals surface area contributed by atoms with Crippen LogP contribution in [-0.2, 0) is 24.4 Å². The Bertz CT molecular complexity index is 1290. The van der Waals surface area contributed by atoms with Gasteiger partial charge >= 0.3 is 0 Å². The number of benzene rings is 2. The van der Waals surface area contributed by atoms with E-state index in [1.165, 1.54) is 12.1 Å². The van der Waals surface area contributed by atoms with Crippen molar-refractivity contribution in [1.29, 1.82) is 0 Å². The Hall–Kier alpha value is -3.40. The minimum atomic E-state index is -3.75. The molecule has 0 bridgehead atoms. The summed E-state index contributed by atoms with van der Waals surface area (Å²) in [6.07, 6.45) is 1.31. The van der Waals surface area contributed by atoms with E-state index in [-0.39, 0.29) is 46.4 Å². The number of anilines is 2. The lowest BCUT2D eigenvalue weighted by molar-refractivity contribution is -0.138. The van der Waals surface area contributed by atoms with E-state index in [0.29, 0.717) is 43.9 Å². The fourth-order valence-electron chi connectivity index (χ4n) is 4.94. The van der Waals surface area contributed by atoms with Crippen molar-refractivity contribution in [3.63, 3.8) is 0 Å². The molecule has 2 N–H and O–H groups in total. The first-order valence-corrected chi connectivity index (χ1v) is 14.4. The van der Waals surface area contributed by atoms with Crippen LogP contribution in [0.25, 0.3) is 0 Å². The van der Waals surface area contributed by atoms with Gasteiger partial charge in [-0.25, -0.2) is 8.42 Å². The Balaban J connectivity index is 1.28. The van der Waals surface area contributed by atoms with Crippen LogP contribution < -0.4 is 10.0 Å². The summed E-state index contributed by atoms with van der Waals surface area (Å²) in [5, 5.41) is 2.86. The summed E-state index contributed by atoms with van der Waals surface area (Å²) in [5.41, 5.74) is 1.71. The number of nitrogens with one attached hydrogen (secondary N) is 2. The highest BCUT2D eigenvalue weighted by molar-refractivity contribution is 7.92. The summed E-state index contributed by atoms with van der Waals surface area (Å²) in [7, 11) is -3.75. The monoisotopic (exact) mass is 540 g/mol. The van der Waals surface area contributed by atoms with Crippen molar-refractivity contribution in [1.82, 2.24) is 9.80 Å². The van der Waals surface area contributed by atoms with Crippen LogP contribution in [0.2, 0.25) is 0 Å². The van der Waals surface area contributed by atoms with E-state index in [0.717, 1.165) is 5.56 Å². The number of amides is 3. The number of rotatable bonds is 6. The van der Waals surface area contributed by atoms with Gasteiger partial charge in [-0.3, -0.25) is 19.1 Å². The van der Waals surface area contributed by atoms with Crippen LogP contribution in [0.4, 0.5) is 11.4 Å². The van der Waals surface area contributed by atoms with Gasteiger partial charge in [0, 0.05) is 48.9 Å². The number of carbonyl (C=O) groups is 3. The van der Waals surface area contributed by atoms with Crippen molar-refractivity contribution >= 4 is 39.1 Å². The van der Waals surface area contributed by atoms with Crippen LogP contribution in [0, 0.1) is 18.8 Å². The molecule has 0 aromatic heterocycles. The molecule has 4 rings (SSSR count). The molecule has 0 saturated carbocycles. The molecule has 0 spiro atoms. The number of nitrogens with zero attached hydrogens (tertiary/aromatic N) is 2. The van der Waals surface area contributed by atoms with E-state index in [9.17, 15) is 22.8 Å². The van der Waals surface area contributed by atoms with Crippen molar-refractivity contribution < 1.29 is 22.8 Å². The molecule has 3 amide bonds. The summed E-state index contributed by atoms with van der Waals surface area (Å²) in [4.78, 5) is 41.9. The van der Waals surface area contributed by atoms with E-state index in [4.69, 9.17) is 0 Å². The fourth-order valence-corrected chi connectivity index (χ4v) is 6.00. The van der Waals surface area contributed by atoms with Gasteiger partial charge in [-0.15, -0.1) is 0 Å². The van der Waals surface area contributed by atoms with Gasteiger partial charge < -0.3 is 15.1 Å². The Morgan fingerprint density at radius 3 is 2.03 bits per heavy atom. The number of carbonyl (C=O) groups excluding carboxylic acids is 3. The zero-order valence-electron chi connectivity index (χ0n) is 22.4. The molecule has 2 aromatic rings. The minimum Gasteiger partial charge on any atom is -0.342 e. The summed E-state index contributed by atoms with van der Waals surface area (Å²) in [5.74, 6) is -0.736. The average Bonchev–Trinajstić information content (AvgIpc) is 3.27. The molecule has 2 fully saturated rings. The van der Waals surface area contributed by atoms with Gasteiger partial charge in [-0.05, 0) is 76.9 Å². The molecule has 2 aliphatic rings. The lowest BCUT2D eigenvalue weighted by Crippen LogP contribution is -2.46. The highest BCUT2D eigenvalue weighted by Gasteiger charge is 2.41. The standard InChI is InChI=1S/C28H36N4O5S/c1-19-5-7-23(8-6-19)30-38(36,37)24-11-9-22(10-12-24)29-26(34)20-13-15-31(16-14-20)27(35)21-17-25(33)32(18-21)28(2,3)4/h5-12,20-21,30H,13-18H2,1-4H3,(H,29,34). The number of hydrogen-bond acceptors (Lipinski definition) is 5. The van der Waals surface area contributed by atoms with Crippen LogP contribution in [0.1, 0.15) is 45.6 Å². The minimum absolute atomic E-state index is 0.00913. The smallest absolute Gasteiger partial charge is 0.261 e. The van der Waals surface area contributed by atoms with E-state index in [1.54, 1.807) is 34.1 Å². The van der Waals surface area contributed by atoms with E-state index < -0.39 is 10.0 Å². The molecule has 9 nitrogen and oxygen atoms in total. The van der Waals surface area contributed by atoms with Crippen molar-refractivity contribution in [2.45, 2.75) is 57.4 Å². The van der Waals surface area contributed by atoms with Gasteiger partial charge in [0.1, 0.15) is 0 Å². The second-order valence-corrected chi connectivity index (χ2v) is 12.8. The molecule has 10 heteroatoms. The normalized spacial score (nSPS) is 18.9. The molecule has 2 aliphatic heterocycles. The van der Waals surface area contributed by atoms with Crippen molar-refractivity contribution in [2.75, 3.05) is 29.7 Å². The third kappa shape index (κ3) is 6.35. The van der Waals surface area contributed by atoms with Gasteiger partial charge in [-0.2, -0.15) is 0 Å². The first-order chi connectivity index (χ1) is 17.8. The molecule has 0 aliphatic carbocycles. The number of aryl methyl sites for hydroxylation is 1. The summed E-state index contributed by atoms with van der Waals surface area (Å²) in [6, 6.07) is 13.1. The molecular formula is C28H36N4O5S. The third-order valence-electron chi connectivity index (χ3n) is 7.20. The second kappa shape index (κ2) is 10.8. The van der Waals surface area contributed by atoms with Crippen molar-refractivity contribution in [3.05, 3.63) is 54.1 Å². The van der Waals surface area contributed by atoms with Gasteiger partial charge in [-0.1, -0.05) is 17.7 Å². The molecule has 2 heterocycles. The summed E-state index contributed by atoms with van der Waals surface area (Å²) >= 11 is 0. The van der Waals surface area contributed by atoms with Gasteiger partial charge in [0.05, 0.1) is 10.8 Å². The average molecular weight is 541 g/mol. The predicted octanol–water partition coefficient (Wildman–Crippen LogP) is 3.62. The number of likely N-dealkylation sites (tertiary alicyclic amines) is 2.